The van der Waals surface area contributed by atoms with Gasteiger partial charge in [0.2, 0.25) is 27.0 Å². The molecule has 1 amide bonds. The second-order valence-corrected chi connectivity index (χ2v) is 10.1. The van der Waals surface area contributed by atoms with Crippen molar-refractivity contribution >= 4 is 33.6 Å². The van der Waals surface area contributed by atoms with Crippen molar-refractivity contribution in [1.29, 1.82) is 0 Å². The summed E-state index contributed by atoms with van der Waals surface area (Å²) in [5.74, 6) is 6.38. The van der Waals surface area contributed by atoms with Crippen LogP contribution in [0, 0.1) is 6.92 Å². The Hall–Kier alpha value is -2.90. The van der Waals surface area contributed by atoms with E-state index in [-0.39, 0.29) is 22.5 Å². The Morgan fingerprint density at radius 3 is 2.62 bits per heavy atom. The molecular formula is C19H25N7O4S2. The van der Waals surface area contributed by atoms with E-state index < -0.39 is 15.3 Å². The highest BCUT2D eigenvalue weighted by Gasteiger charge is 2.24. The fourth-order valence-corrected chi connectivity index (χ4v) is 5.19. The number of nitrogens with zero attached hydrogens (tertiary/aromatic N) is 5. The van der Waals surface area contributed by atoms with Gasteiger partial charge in [0.1, 0.15) is 0 Å². The number of anilines is 1. The monoisotopic (exact) mass is 479 g/mol. The highest BCUT2D eigenvalue weighted by molar-refractivity contribution is 8.00. The molecule has 32 heavy (non-hydrogen) atoms. The molecule has 3 N–H and O–H groups in total. The number of aryl methyl sites for hydroxylation is 1. The lowest BCUT2D eigenvalue weighted by Gasteiger charge is -2.18. The maximum atomic E-state index is 12.8. The molecule has 2 aromatic heterocycles. The summed E-state index contributed by atoms with van der Waals surface area (Å²) >= 11 is 1.11. The SMILES string of the molecule is CCN(CC)S(=O)(=O)c1cccc(-c2nnc(S[C@H](C)C(=O)Nc3cc(C)no3)n2N)c1. The number of hydrogen-bond acceptors (Lipinski definition) is 9. The van der Waals surface area contributed by atoms with Crippen LogP contribution in [0.25, 0.3) is 11.4 Å². The van der Waals surface area contributed by atoms with E-state index in [4.69, 9.17) is 10.4 Å². The number of nitrogen functional groups attached to an aromatic ring is 1. The third-order valence-electron chi connectivity index (χ3n) is 4.63. The molecule has 0 aliphatic heterocycles. The van der Waals surface area contributed by atoms with Crippen molar-refractivity contribution in [2.45, 2.75) is 43.0 Å². The first-order valence-electron chi connectivity index (χ1n) is 9.89. The number of sulfonamides is 1. The standard InChI is InChI=1S/C19H25N7O4S2/c1-5-25(6-2)32(28,29)15-9-7-8-14(11-15)17-22-23-19(26(17)20)31-13(4)18(27)21-16-10-12(3)24-30-16/h7-11,13H,5-6,20H2,1-4H3,(H,21,27)/t13-/m1/s1. The van der Waals surface area contributed by atoms with E-state index in [1.165, 1.54) is 21.1 Å². The number of rotatable bonds is 9. The fourth-order valence-electron chi connectivity index (χ4n) is 2.92. The molecule has 0 bridgehead atoms. The lowest BCUT2D eigenvalue weighted by Crippen LogP contribution is -2.30. The van der Waals surface area contributed by atoms with Gasteiger partial charge in [-0.1, -0.05) is 42.9 Å². The van der Waals surface area contributed by atoms with E-state index in [1.54, 1.807) is 45.9 Å². The summed E-state index contributed by atoms with van der Waals surface area (Å²) in [6.45, 7) is 7.74. The Kier molecular flexibility index (Phi) is 7.21. The Morgan fingerprint density at radius 1 is 1.28 bits per heavy atom. The van der Waals surface area contributed by atoms with Crippen LogP contribution in [0.3, 0.4) is 0 Å². The Labute approximate surface area is 190 Å². The molecule has 1 aromatic carbocycles. The van der Waals surface area contributed by atoms with Gasteiger partial charge in [0, 0.05) is 24.7 Å². The minimum absolute atomic E-state index is 0.144. The maximum absolute atomic E-state index is 12.8. The molecule has 0 aliphatic rings. The van der Waals surface area contributed by atoms with Gasteiger partial charge in [0.15, 0.2) is 5.82 Å². The molecule has 0 spiro atoms. The van der Waals surface area contributed by atoms with E-state index >= 15 is 0 Å². The van der Waals surface area contributed by atoms with Gasteiger partial charge in [-0.2, -0.15) is 4.31 Å². The number of nitrogens with one attached hydrogen (secondary N) is 1. The Morgan fingerprint density at radius 2 is 2.00 bits per heavy atom. The van der Waals surface area contributed by atoms with Crippen LogP contribution >= 0.6 is 11.8 Å². The van der Waals surface area contributed by atoms with Crippen LogP contribution in [-0.2, 0) is 14.8 Å². The van der Waals surface area contributed by atoms with Gasteiger partial charge in [-0.25, -0.2) is 13.1 Å². The number of thioether (sulfide) groups is 1. The smallest absolute Gasteiger partial charge is 0.243 e. The van der Waals surface area contributed by atoms with Crippen molar-refractivity contribution in [3.8, 4) is 11.4 Å². The third-order valence-corrected chi connectivity index (χ3v) is 7.73. The topological polar surface area (TPSA) is 149 Å². The summed E-state index contributed by atoms with van der Waals surface area (Å²) in [7, 11) is -3.63. The molecule has 3 aromatic rings. The summed E-state index contributed by atoms with van der Waals surface area (Å²) in [5.41, 5.74) is 1.14. The van der Waals surface area contributed by atoms with Crippen molar-refractivity contribution in [1.82, 2.24) is 24.3 Å². The normalized spacial score (nSPS) is 12.8. The van der Waals surface area contributed by atoms with Gasteiger partial charge < -0.3 is 10.4 Å². The summed E-state index contributed by atoms with van der Waals surface area (Å²) < 4.78 is 33.3. The fraction of sp³-hybridized carbons (Fsp3) is 0.368. The highest BCUT2D eigenvalue weighted by atomic mass is 32.2. The first-order valence-corrected chi connectivity index (χ1v) is 12.2. The molecule has 1 atom stereocenters. The molecule has 13 heteroatoms. The van der Waals surface area contributed by atoms with Crippen molar-refractivity contribution in [2.24, 2.45) is 0 Å². The largest absolute Gasteiger partial charge is 0.338 e. The van der Waals surface area contributed by atoms with Gasteiger partial charge in [-0.15, -0.1) is 10.2 Å². The molecule has 172 valence electrons. The number of nitrogens with two attached hydrogens (primary N) is 1. The minimum atomic E-state index is -3.63. The summed E-state index contributed by atoms with van der Waals surface area (Å²) in [6.07, 6.45) is 0. The predicted molar refractivity (Wildman–Crippen MR) is 121 cm³/mol. The predicted octanol–water partition coefficient (Wildman–Crippen LogP) is 2.11. The van der Waals surface area contributed by atoms with Crippen LogP contribution in [0.1, 0.15) is 26.5 Å². The van der Waals surface area contributed by atoms with Crippen LogP contribution in [0.15, 0.2) is 44.9 Å². The quantitative estimate of drug-likeness (QED) is 0.347. The molecule has 0 radical (unpaired) electrons. The first-order chi connectivity index (χ1) is 15.2. The van der Waals surface area contributed by atoms with E-state index in [0.29, 0.717) is 29.5 Å². The molecule has 0 fully saturated rings. The Bertz CT molecular complexity index is 1200. The number of carbonyl (C=O) groups is 1. The molecule has 0 unspecified atom stereocenters. The minimum Gasteiger partial charge on any atom is -0.338 e. The van der Waals surface area contributed by atoms with Crippen LogP contribution in [0.5, 0.6) is 0 Å². The van der Waals surface area contributed by atoms with Gasteiger partial charge in [0.05, 0.1) is 15.8 Å². The second kappa shape index (κ2) is 9.71. The van der Waals surface area contributed by atoms with Crippen LogP contribution in [0.2, 0.25) is 0 Å². The molecule has 11 nitrogen and oxygen atoms in total. The zero-order valence-corrected chi connectivity index (χ0v) is 19.8. The van der Waals surface area contributed by atoms with E-state index in [1.807, 2.05) is 0 Å². The zero-order chi connectivity index (χ0) is 23.5. The van der Waals surface area contributed by atoms with E-state index in [2.05, 4.69) is 20.7 Å². The number of carbonyl (C=O) groups excluding carboxylic acids is 1. The molecular weight excluding hydrogens is 454 g/mol. The van der Waals surface area contributed by atoms with Crippen molar-refractivity contribution in [2.75, 3.05) is 24.2 Å². The van der Waals surface area contributed by atoms with E-state index in [0.717, 1.165) is 11.8 Å². The number of amides is 1. The van der Waals surface area contributed by atoms with Gasteiger partial charge in [-0.3, -0.25) is 10.1 Å². The van der Waals surface area contributed by atoms with Gasteiger partial charge >= 0.3 is 0 Å². The summed E-state index contributed by atoms with van der Waals surface area (Å²) in [4.78, 5) is 12.5. The number of hydrogen-bond donors (Lipinski definition) is 2. The van der Waals surface area contributed by atoms with Gasteiger partial charge in [-0.05, 0) is 26.0 Å². The third kappa shape index (κ3) is 4.95. The molecule has 0 saturated heterocycles. The van der Waals surface area contributed by atoms with Crippen molar-refractivity contribution in [3.63, 3.8) is 0 Å². The zero-order valence-electron chi connectivity index (χ0n) is 18.1. The van der Waals surface area contributed by atoms with Crippen LogP contribution in [0.4, 0.5) is 5.88 Å². The molecule has 2 heterocycles. The van der Waals surface area contributed by atoms with Gasteiger partial charge in [0.25, 0.3) is 0 Å². The average molecular weight is 480 g/mol. The lowest BCUT2D eigenvalue weighted by molar-refractivity contribution is -0.115. The molecule has 3 rings (SSSR count). The second-order valence-electron chi connectivity index (χ2n) is 6.88. The molecule has 0 saturated carbocycles. The van der Waals surface area contributed by atoms with Crippen molar-refractivity contribution < 1.29 is 17.7 Å². The Balaban J connectivity index is 1.79. The first kappa shape index (κ1) is 23.8. The van der Waals surface area contributed by atoms with Crippen molar-refractivity contribution in [3.05, 3.63) is 36.0 Å². The summed E-state index contributed by atoms with van der Waals surface area (Å²) in [6, 6.07) is 7.98. The number of aromatic nitrogens is 4. The summed E-state index contributed by atoms with van der Waals surface area (Å²) in [5, 5.41) is 14.2. The lowest BCUT2D eigenvalue weighted by atomic mass is 10.2. The molecule has 0 aliphatic carbocycles. The van der Waals surface area contributed by atoms with E-state index in [9.17, 15) is 13.2 Å². The van der Waals surface area contributed by atoms with Crippen LogP contribution < -0.4 is 11.2 Å². The number of benzene rings is 1. The average Bonchev–Trinajstić information content (AvgIpc) is 3.34. The maximum Gasteiger partial charge on any atom is 0.243 e. The van der Waals surface area contributed by atoms with Crippen LogP contribution in [-0.4, -0.2) is 57.0 Å². The highest BCUT2D eigenvalue weighted by Crippen LogP contribution is 2.27.